The van der Waals surface area contributed by atoms with Gasteiger partial charge in [0.25, 0.3) is 5.91 Å². The lowest BCUT2D eigenvalue weighted by Gasteiger charge is -2.11. The van der Waals surface area contributed by atoms with Gasteiger partial charge in [-0.3, -0.25) is 14.3 Å². The van der Waals surface area contributed by atoms with Crippen molar-refractivity contribution in [2.75, 3.05) is 10.6 Å². The molecule has 0 aliphatic rings. The summed E-state index contributed by atoms with van der Waals surface area (Å²) in [6.07, 6.45) is 4.50. The first-order chi connectivity index (χ1) is 13.0. The first-order valence-corrected chi connectivity index (χ1v) is 8.82. The molecule has 0 saturated carbocycles. The maximum atomic E-state index is 12.6. The van der Waals surface area contributed by atoms with Crippen LogP contribution in [0.15, 0.2) is 60.9 Å². The molecule has 0 fully saturated rings. The van der Waals surface area contributed by atoms with Gasteiger partial charge in [-0.15, -0.1) is 0 Å². The van der Waals surface area contributed by atoms with Crippen molar-refractivity contribution in [3.63, 3.8) is 0 Å². The maximum absolute atomic E-state index is 12.6. The Kier molecular flexibility index (Phi) is 5.88. The Labute approximate surface area is 162 Å². The van der Waals surface area contributed by atoms with Gasteiger partial charge in [0.05, 0.1) is 17.4 Å². The van der Waals surface area contributed by atoms with Gasteiger partial charge in [0.15, 0.2) is 0 Å². The second kappa shape index (κ2) is 8.51. The standard InChI is InChI=1S/C20H19ClN4O2/c1-25-13-14(12-22-25)6-11-19(26)24-18-5-3-2-4-17(18)20(27)23-16-9-7-15(21)8-10-16/h2-5,7-10,12-13H,6,11H2,1H3,(H,23,27)(H,24,26). The number of rotatable bonds is 6. The van der Waals surface area contributed by atoms with Gasteiger partial charge in [0, 0.05) is 30.4 Å². The van der Waals surface area contributed by atoms with Crippen molar-refractivity contribution < 1.29 is 9.59 Å². The number of para-hydroxylation sites is 1. The fourth-order valence-corrected chi connectivity index (χ4v) is 2.72. The molecule has 3 aromatic rings. The summed E-state index contributed by atoms with van der Waals surface area (Å²) >= 11 is 5.86. The van der Waals surface area contributed by atoms with Crippen molar-refractivity contribution in [1.29, 1.82) is 0 Å². The van der Waals surface area contributed by atoms with E-state index in [9.17, 15) is 9.59 Å². The van der Waals surface area contributed by atoms with Crippen molar-refractivity contribution in [1.82, 2.24) is 9.78 Å². The van der Waals surface area contributed by atoms with Crippen LogP contribution in [0.5, 0.6) is 0 Å². The molecule has 0 aliphatic carbocycles. The molecule has 0 unspecified atom stereocenters. The number of nitrogens with one attached hydrogen (secondary N) is 2. The largest absolute Gasteiger partial charge is 0.325 e. The zero-order valence-electron chi connectivity index (χ0n) is 14.8. The van der Waals surface area contributed by atoms with Crippen molar-refractivity contribution in [3.05, 3.63) is 77.1 Å². The molecule has 2 N–H and O–H groups in total. The molecule has 6 nitrogen and oxygen atoms in total. The lowest BCUT2D eigenvalue weighted by molar-refractivity contribution is -0.116. The molecule has 0 saturated heterocycles. The van der Waals surface area contributed by atoms with Crippen LogP contribution in [0.3, 0.4) is 0 Å². The van der Waals surface area contributed by atoms with Gasteiger partial charge in [0.2, 0.25) is 5.91 Å². The van der Waals surface area contributed by atoms with Crippen molar-refractivity contribution in [2.24, 2.45) is 7.05 Å². The Morgan fingerprint density at radius 2 is 1.81 bits per heavy atom. The van der Waals surface area contributed by atoms with E-state index in [2.05, 4.69) is 15.7 Å². The molecule has 1 heterocycles. The van der Waals surface area contributed by atoms with Gasteiger partial charge in [-0.2, -0.15) is 5.10 Å². The molecule has 0 aliphatic heterocycles. The Morgan fingerprint density at radius 1 is 1.07 bits per heavy atom. The molecule has 7 heteroatoms. The SMILES string of the molecule is Cn1cc(CCC(=O)Nc2ccccc2C(=O)Nc2ccc(Cl)cc2)cn1. The molecular weight excluding hydrogens is 364 g/mol. The lowest BCUT2D eigenvalue weighted by Crippen LogP contribution is -2.18. The molecule has 2 aromatic carbocycles. The number of amides is 2. The summed E-state index contributed by atoms with van der Waals surface area (Å²) in [4.78, 5) is 24.9. The van der Waals surface area contributed by atoms with Gasteiger partial charge in [0.1, 0.15) is 0 Å². The molecule has 0 spiro atoms. The number of aryl methyl sites for hydroxylation is 2. The molecule has 0 atom stereocenters. The molecule has 2 amide bonds. The number of benzene rings is 2. The number of carbonyl (C=O) groups is 2. The van der Waals surface area contributed by atoms with Gasteiger partial charge < -0.3 is 10.6 Å². The molecule has 3 rings (SSSR count). The van der Waals surface area contributed by atoms with E-state index in [1.54, 1.807) is 59.4 Å². The minimum absolute atomic E-state index is 0.161. The van der Waals surface area contributed by atoms with Crippen molar-refractivity contribution in [3.8, 4) is 0 Å². The third-order valence-corrected chi connectivity index (χ3v) is 4.20. The minimum atomic E-state index is -0.305. The molecule has 138 valence electrons. The highest BCUT2D eigenvalue weighted by molar-refractivity contribution is 6.30. The monoisotopic (exact) mass is 382 g/mol. The van der Waals surface area contributed by atoms with E-state index >= 15 is 0 Å². The van der Waals surface area contributed by atoms with Crippen LogP contribution in [0.2, 0.25) is 5.02 Å². The Morgan fingerprint density at radius 3 is 2.52 bits per heavy atom. The van der Waals surface area contributed by atoms with E-state index in [1.165, 1.54) is 0 Å². The number of anilines is 2. The molecular formula is C20H19ClN4O2. The van der Waals surface area contributed by atoms with E-state index < -0.39 is 0 Å². The first-order valence-electron chi connectivity index (χ1n) is 8.44. The number of hydrogen-bond acceptors (Lipinski definition) is 3. The van der Waals surface area contributed by atoms with Crippen LogP contribution in [0, 0.1) is 0 Å². The highest BCUT2D eigenvalue weighted by Crippen LogP contribution is 2.19. The van der Waals surface area contributed by atoms with Crippen LogP contribution in [0.25, 0.3) is 0 Å². The number of nitrogens with zero attached hydrogens (tertiary/aromatic N) is 2. The summed E-state index contributed by atoms with van der Waals surface area (Å²) in [5.41, 5.74) is 2.48. The van der Waals surface area contributed by atoms with Crippen LogP contribution >= 0.6 is 11.6 Å². The van der Waals surface area contributed by atoms with Crippen molar-refractivity contribution in [2.45, 2.75) is 12.8 Å². The zero-order valence-corrected chi connectivity index (χ0v) is 15.5. The second-order valence-corrected chi connectivity index (χ2v) is 6.51. The second-order valence-electron chi connectivity index (χ2n) is 6.08. The average molecular weight is 383 g/mol. The summed E-state index contributed by atoms with van der Waals surface area (Å²) in [5, 5.41) is 10.3. The summed E-state index contributed by atoms with van der Waals surface area (Å²) in [5.74, 6) is -0.467. The lowest BCUT2D eigenvalue weighted by atomic mass is 10.1. The summed E-state index contributed by atoms with van der Waals surface area (Å²) < 4.78 is 1.70. The van der Waals surface area contributed by atoms with Crippen LogP contribution < -0.4 is 10.6 Å². The predicted octanol–water partition coefficient (Wildman–Crippen LogP) is 3.90. The van der Waals surface area contributed by atoms with Gasteiger partial charge in [-0.1, -0.05) is 23.7 Å². The highest BCUT2D eigenvalue weighted by atomic mass is 35.5. The van der Waals surface area contributed by atoms with Crippen LogP contribution in [0.4, 0.5) is 11.4 Å². The topological polar surface area (TPSA) is 76.0 Å². The molecule has 0 radical (unpaired) electrons. The highest BCUT2D eigenvalue weighted by Gasteiger charge is 2.13. The van der Waals surface area contributed by atoms with Crippen LogP contribution in [-0.4, -0.2) is 21.6 Å². The van der Waals surface area contributed by atoms with E-state index in [4.69, 9.17) is 11.6 Å². The average Bonchev–Trinajstić information content (AvgIpc) is 3.08. The predicted molar refractivity (Wildman–Crippen MR) is 106 cm³/mol. The third-order valence-electron chi connectivity index (χ3n) is 3.95. The Hall–Kier alpha value is -3.12. The third kappa shape index (κ3) is 5.18. The smallest absolute Gasteiger partial charge is 0.257 e. The Balaban J connectivity index is 1.64. The van der Waals surface area contributed by atoms with E-state index in [1.807, 2.05) is 13.2 Å². The van der Waals surface area contributed by atoms with Gasteiger partial charge in [-0.05, 0) is 48.4 Å². The quantitative estimate of drug-likeness (QED) is 0.678. The fraction of sp³-hybridized carbons (Fsp3) is 0.150. The Bertz CT molecular complexity index is 951. The van der Waals surface area contributed by atoms with Gasteiger partial charge in [-0.25, -0.2) is 0 Å². The summed E-state index contributed by atoms with van der Waals surface area (Å²) in [6.45, 7) is 0. The summed E-state index contributed by atoms with van der Waals surface area (Å²) in [6, 6.07) is 13.7. The zero-order chi connectivity index (χ0) is 19.2. The number of hydrogen-bond donors (Lipinski definition) is 2. The number of aromatic nitrogens is 2. The maximum Gasteiger partial charge on any atom is 0.257 e. The van der Waals surface area contributed by atoms with Crippen molar-refractivity contribution >= 4 is 34.8 Å². The minimum Gasteiger partial charge on any atom is -0.325 e. The number of halogens is 1. The van der Waals surface area contributed by atoms with E-state index in [0.717, 1.165) is 5.56 Å². The van der Waals surface area contributed by atoms with Crippen LogP contribution in [0.1, 0.15) is 22.3 Å². The number of carbonyl (C=O) groups excluding carboxylic acids is 2. The van der Waals surface area contributed by atoms with Gasteiger partial charge >= 0.3 is 0 Å². The molecule has 0 bridgehead atoms. The molecule has 27 heavy (non-hydrogen) atoms. The molecule has 1 aromatic heterocycles. The first kappa shape index (κ1) is 18.7. The normalized spacial score (nSPS) is 10.4. The van der Waals surface area contributed by atoms with E-state index in [-0.39, 0.29) is 11.8 Å². The fourth-order valence-electron chi connectivity index (χ4n) is 2.59. The summed E-state index contributed by atoms with van der Waals surface area (Å²) in [7, 11) is 1.83. The van der Waals surface area contributed by atoms with Crippen LogP contribution in [-0.2, 0) is 18.3 Å². The van der Waals surface area contributed by atoms with E-state index in [0.29, 0.717) is 34.8 Å².